The standard InChI is InChI=1S/C13H20FN3O/c1-9(13(18)16-2)7-17(3)8-10-4-5-11(14)6-12(10)15/h4-6,9H,7-8,15H2,1-3H3,(H,16,18). The number of nitrogens with zero attached hydrogens (tertiary/aromatic N) is 1. The van der Waals surface area contributed by atoms with Crippen LogP contribution in [0.2, 0.25) is 0 Å². The summed E-state index contributed by atoms with van der Waals surface area (Å²) in [5, 5.41) is 2.61. The van der Waals surface area contributed by atoms with E-state index in [1.54, 1.807) is 13.1 Å². The first-order chi connectivity index (χ1) is 8.43. The van der Waals surface area contributed by atoms with E-state index in [4.69, 9.17) is 5.73 Å². The average Bonchev–Trinajstić information content (AvgIpc) is 2.31. The third kappa shape index (κ3) is 4.00. The minimum atomic E-state index is -0.336. The molecule has 1 unspecified atom stereocenters. The number of hydrogen-bond donors (Lipinski definition) is 2. The highest BCUT2D eigenvalue weighted by molar-refractivity contribution is 5.78. The highest BCUT2D eigenvalue weighted by atomic mass is 19.1. The van der Waals surface area contributed by atoms with Gasteiger partial charge in [0.05, 0.1) is 0 Å². The molecule has 0 aliphatic carbocycles. The van der Waals surface area contributed by atoms with E-state index in [9.17, 15) is 9.18 Å². The van der Waals surface area contributed by atoms with E-state index in [1.807, 2.05) is 18.9 Å². The first kappa shape index (κ1) is 14.4. The Labute approximate surface area is 107 Å². The molecule has 1 rings (SSSR count). The summed E-state index contributed by atoms with van der Waals surface area (Å²) in [6.45, 7) is 3.08. The number of amides is 1. The van der Waals surface area contributed by atoms with E-state index >= 15 is 0 Å². The number of carbonyl (C=O) groups excluding carboxylic acids is 1. The molecule has 18 heavy (non-hydrogen) atoms. The van der Waals surface area contributed by atoms with E-state index in [2.05, 4.69) is 5.32 Å². The molecule has 1 amide bonds. The van der Waals surface area contributed by atoms with Crippen molar-refractivity contribution >= 4 is 11.6 Å². The van der Waals surface area contributed by atoms with Crippen molar-refractivity contribution in [1.82, 2.24) is 10.2 Å². The largest absolute Gasteiger partial charge is 0.398 e. The Balaban J connectivity index is 2.59. The number of hydrogen-bond acceptors (Lipinski definition) is 3. The van der Waals surface area contributed by atoms with Crippen LogP contribution in [0.1, 0.15) is 12.5 Å². The quantitative estimate of drug-likeness (QED) is 0.776. The third-order valence-corrected chi connectivity index (χ3v) is 2.83. The van der Waals surface area contributed by atoms with Gasteiger partial charge in [-0.1, -0.05) is 13.0 Å². The Kier molecular flexibility index (Phi) is 5.09. The van der Waals surface area contributed by atoms with Crippen molar-refractivity contribution in [2.24, 2.45) is 5.92 Å². The Morgan fingerprint density at radius 3 is 2.78 bits per heavy atom. The normalized spacial score (nSPS) is 12.5. The number of nitrogens with two attached hydrogens (primary N) is 1. The minimum Gasteiger partial charge on any atom is -0.398 e. The van der Waals surface area contributed by atoms with Crippen LogP contribution in [0.3, 0.4) is 0 Å². The minimum absolute atomic E-state index is 0.00827. The molecule has 0 heterocycles. The van der Waals surface area contributed by atoms with Gasteiger partial charge in [-0.25, -0.2) is 4.39 Å². The van der Waals surface area contributed by atoms with Gasteiger partial charge in [0.2, 0.25) is 5.91 Å². The maximum absolute atomic E-state index is 12.9. The first-order valence-corrected chi connectivity index (χ1v) is 5.88. The van der Waals surface area contributed by atoms with Crippen molar-refractivity contribution in [2.75, 3.05) is 26.4 Å². The van der Waals surface area contributed by atoms with E-state index in [0.29, 0.717) is 18.8 Å². The fourth-order valence-corrected chi connectivity index (χ4v) is 1.86. The van der Waals surface area contributed by atoms with Gasteiger partial charge in [-0.15, -0.1) is 0 Å². The number of nitrogen functional groups attached to an aromatic ring is 1. The molecule has 0 fully saturated rings. The Hall–Kier alpha value is -1.62. The smallest absolute Gasteiger partial charge is 0.223 e. The van der Waals surface area contributed by atoms with E-state index in [1.165, 1.54) is 12.1 Å². The topological polar surface area (TPSA) is 58.4 Å². The van der Waals surface area contributed by atoms with Crippen molar-refractivity contribution in [3.8, 4) is 0 Å². The molecule has 0 aliphatic rings. The summed E-state index contributed by atoms with van der Waals surface area (Å²) in [5.74, 6) is -0.423. The summed E-state index contributed by atoms with van der Waals surface area (Å²) in [7, 11) is 3.53. The summed E-state index contributed by atoms with van der Waals surface area (Å²) in [6.07, 6.45) is 0. The van der Waals surface area contributed by atoms with Crippen LogP contribution in [0.4, 0.5) is 10.1 Å². The number of nitrogens with one attached hydrogen (secondary N) is 1. The van der Waals surface area contributed by atoms with Gasteiger partial charge in [0.25, 0.3) is 0 Å². The monoisotopic (exact) mass is 253 g/mol. The van der Waals surface area contributed by atoms with Crippen LogP contribution in [0, 0.1) is 11.7 Å². The van der Waals surface area contributed by atoms with Crippen LogP contribution in [0.15, 0.2) is 18.2 Å². The molecular weight excluding hydrogens is 233 g/mol. The zero-order chi connectivity index (χ0) is 13.7. The summed E-state index contributed by atoms with van der Waals surface area (Å²) in [5.41, 5.74) is 7.04. The van der Waals surface area contributed by atoms with Crippen LogP contribution < -0.4 is 11.1 Å². The van der Waals surface area contributed by atoms with E-state index in [0.717, 1.165) is 5.56 Å². The summed E-state index contributed by atoms with van der Waals surface area (Å²) in [4.78, 5) is 13.4. The zero-order valence-electron chi connectivity index (χ0n) is 11.0. The molecule has 0 aromatic heterocycles. The molecule has 3 N–H and O–H groups in total. The fraction of sp³-hybridized carbons (Fsp3) is 0.462. The van der Waals surface area contributed by atoms with Crippen molar-refractivity contribution < 1.29 is 9.18 Å². The van der Waals surface area contributed by atoms with Crippen molar-refractivity contribution in [3.63, 3.8) is 0 Å². The van der Waals surface area contributed by atoms with Gasteiger partial charge >= 0.3 is 0 Å². The zero-order valence-corrected chi connectivity index (χ0v) is 11.0. The lowest BCUT2D eigenvalue weighted by Crippen LogP contribution is -2.34. The Morgan fingerprint density at radius 2 is 2.22 bits per heavy atom. The van der Waals surface area contributed by atoms with Gasteiger partial charge in [0, 0.05) is 31.7 Å². The number of rotatable bonds is 5. The lowest BCUT2D eigenvalue weighted by atomic mass is 10.1. The molecule has 0 spiro atoms. The highest BCUT2D eigenvalue weighted by Gasteiger charge is 2.14. The van der Waals surface area contributed by atoms with Crippen LogP contribution in [-0.2, 0) is 11.3 Å². The number of benzene rings is 1. The maximum Gasteiger partial charge on any atom is 0.223 e. The molecule has 0 radical (unpaired) electrons. The number of carbonyl (C=O) groups is 1. The van der Waals surface area contributed by atoms with Gasteiger partial charge in [-0.05, 0) is 24.7 Å². The first-order valence-electron chi connectivity index (χ1n) is 5.88. The van der Waals surface area contributed by atoms with Gasteiger partial charge in [0.1, 0.15) is 5.82 Å². The molecule has 4 nitrogen and oxygen atoms in total. The van der Waals surface area contributed by atoms with Crippen molar-refractivity contribution in [2.45, 2.75) is 13.5 Å². The highest BCUT2D eigenvalue weighted by Crippen LogP contribution is 2.15. The van der Waals surface area contributed by atoms with Gasteiger partial charge < -0.3 is 16.0 Å². The molecule has 0 aliphatic heterocycles. The summed E-state index contributed by atoms with van der Waals surface area (Å²) in [6, 6.07) is 4.37. The fourth-order valence-electron chi connectivity index (χ4n) is 1.86. The summed E-state index contributed by atoms with van der Waals surface area (Å²) >= 11 is 0. The molecule has 1 aromatic carbocycles. The summed E-state index contributed by atoms with van der Waals surface area (Å²) < 4.78 is 12.9. The second-order valence-corrected chi connectivity index (χ2v) is 4.56. The van der Waals surface area contributed by atoms with E-state index in [-0.39, 0.29) is 17.6 Å². The molecule has 5 heteroatoms. The molecule has 0 saturated carbocycles. The third-order valence-electron chi connectivity index (χ3n) is 2.83. The van der Waals surface area contributed by atoms with Gasteiger partial charge in [-0.3, -0.25) is 4.79 Å². The maximum atomic E-state index is 12.9. The molecule has 100 valence electrons. The molecular formula is C13H20FN3O. The van der Waals surface area contributed by atoms with Crippen LogP contribution in [0.5, 0.6) is 0 Å². The Bertz CT molecular complexity index is 423. The van der Waals surface area contributed by atoms with Gasteiger partial charge in [-0.2, -0.15) is 0 Å². The molecule has 1 aromatic rings. The predicted octanol–water partition coefficient (Wildman–Crippen LogP) is 1.22. The van der Waals surface area contributed by atoms with Crippen molar-refractivity contribution in [3.05, 3.63) is 29.6 Å². The lowest BCUT2D eigenvalue weighted by Gasteiger charge is -2.21. The number of anilines is 1. The van der Waals surface area contributed by atoms with Crippen molar-refractivity contribution in [1.29, 1.82) is 0 Å². The van der Waals surface area contributed by atoms with Crippen LogP contribution in [0.25, 0.3) is 0 Å². The SMILES string of the molecule is CNC(=O)C(C)CN(C)Cc1ccc(F)cc1N. The number of halogens is 1. The predicted molar refractivity (Wildman–Crippen MR) is 70.4 cm³/mol. The second kappa shape index (κ2) is 6.35. The molecule has 0 bridgehead atoms. The average molecular weight is 253 g/mol. The van der Waals surface area contributed by atoms with Crippen LogP contribution in [-0.4, -0.2) is 31.4 Å². The lowest BCUT2D eigenvalue weighted by molar-refractivity contribution is -0.124. The van der Waals surface area contributed by atoms with Gasteiger partial charge in [0.15, 0.2) is 0 Å². The van der Waals surface area contributed by atoms with Crippen LogP contribution >= 0.6 is 0 Å². The molecule has 1 atom stereocenters. The molecule has 0 saturated heterocycles. The second-order valence-electron chi connectivity index (χ2n) is 4.56. The van der Waals surface area contributed by atoms with E-state index < -0.39 is 0 Å². The Morgan fingerprint density at radius 1 is 1.56 bits per heavy atom.